The van der Waals surface area contributed by atoms with Crippen molar-refractivity contribution in [1.29, 1.82) is 0 Å². The van der Waals surface area contributed by atoms with Crippen molar-refractivity contribution < 1.29 is 18.0 Å². The number of anilines is 1. The van der Waals surface area contributed by atoms with Crippen molar-refractivity contribution in [1.82, 2.24) is 9.21 Å². The van der Waals surface area contributed by atoms with Crippen molar-refractivity contribution in [2.45, 2.75) is 70.2 Å². The van der Waals surface area contributed by atoms with Crippen molar-refractivity contribution in [2.24, 2.45) is 23.7 Å². The molecule has 1 aromatic rings. The van der Waals surface area contributed by atoms with Gasteiger partial charge in [-0.1, -0.05) is 13.8 Å². The molecule has 0 spiro atoms. The molecule has 186 valence electrons. The largest absolute Gasteiger partial charge is 0.342 e. The molecule has 3 fully saturated rings. The maximum Gasteiger partial charge on any atom is 0.243 e. The maximum absolute atomic E-state index is 13.4. The Morgan fingerprint density at radius 2 is 1.50 bits per heavy atom. The number of carbonyl (C=O) groups is 2. The second-order valence-electron chi connectivity index (χ2n) is 11.2. The van der Waals surface area contributed by atoms with Crippen LogP contribution in [0, 0.1) is 23.7 Å². The fraction of sp³-hybridized carbons (Fsp3) is 0.692. The molecule has 34 heavy (non-hydrogen) atoms. The lowest BCUT2D eigenvalue weighted by atomic mass is 9.89. The summed E-state index contributed by atoms with van der Waals surface area (Å²) in [6, 6.07) is 5.27. The first-order valence-electron chi connectivity index (χ1n) is 12.9. The summed E-state index contributed by atoms with van der Waals surface area (Å²) in [4.78, 5) is 30.0. The smallest absolute Gasteiger partial charge is 0.243 e. The van der Waals surface area contributed by atoms with E-state index in [2.05, 4.69) is 13.8 Å². The number of hydrogen-bond acceptors (Lipinski definition) is 4. The molecule has 3 aliphatic heterocycles. The Morgan fingerprint density at radius 3 is 2.12 bits per heavy atom. The third kappa shape index (κ3) is 4.39. The van der Waals surface area contributed by atoms with Gasteiger partial charge in [-0.05, 0) is 81.0 Å². The molecule has 0 radical (unpaired) electrons. The summed E-state index contributed by atoms with van der Waals surface area (Å²) in [5.74, 6) is 1.45. The number of fused-ring (bicyclic) bond motifs is 1. The van der Waals surface area contributed by atoms with Gasteiger partial charge in [0.15, 0.2) is 0 Å². The molecule has 1 aromatic carbocycles. The van der Waals surface area contributed by atoms with E-state index in [1.165, 1.54) is 4.31 Å². The van der Waals surface area contributed by atoms with E-state index in [9.17, 15) is 18.0 Å². The molecule has 0 N–H and O–H groups in total. The molecule has 8 heteroatoms. The molecule has 2 amide bonds. The third-order valence-corrected chi connectivity index (χ3v) is 9.95. The number of nitrogens with zero attached hydrogens (tertiary/aromatic N) is 3. The Balaban J connectivity index is 1.25. The summed E-state index contributed by atoms with van der Waals surface area (Å²) in [6.45, 7) is 8.80. The van der Waals surface area contributed by atoms with Crippen molar-refractivity contribution in [3.63, 3.8) is 0 Å². The Morgan fingerprint density at radius 1 is 0.882 bits per heavy atom. The lowest BCUT2D eigenvalue weighted by Gasteiger charge is -2.39. The number of benzene rings is 1. The van der Waals surface area contributed by atoms with Gasteiger partial charge in [0.1, 0.15) is 0 Å². The highest BCUT2D eigenvalue weighted by atomic mass is 32.2. The number of rotatable bonds is 4. The van der Waals surface area contributed by atoms with Crippen molar-refractivity contribution in [2.75, 3.05) is 31.1 Å². The highest BCUT2D eigenvalue weighted by molar-refractivity contribution is 7.89. The summed E-state index contributed by atoms with van der Waals surface area (Å²) < 4.78 is 28.4. The molecule has 2 saturated heterocycles. The molecule has 0 unspecified atom stereocenters. The van der Waals surface area contributed by atoms with Crippen LogP contribution in [0.1, 0.15) is 58.4 Å². The van der Waals surface area contributed by atoms with Crippen LogP contribution < -0.4 is 4.90 Å². The van der Waals surface area contributed by atoms with Gasteiger partial charge < -0.3 is 9.80 Å². The van der Waals surface area contributed by atoms with E-state index in [4.69, 9.17) is 0 Å². The van der Waals surface area contributed by atoms with Gasteiger partial charge in [0.25, 0.3) is 0 Å². The molecular formula is C26H37N3O4S. The molecule has 0 aromatic heterocycles. The highest BCUT2D eigenvalue weighted by Gasteiger charge is 2.40. The van der Waals surface area contributed by atoms with E-state index in [-0.39, 0.29) is 29.7 Å². The molecule has 3 atom stereocenters. The zero-order valence-electron chi connectivity index (χ0n) is 20.6. The van der Waals surface area contributed by atoms with Gasteiger partial charge >= 0.3 is 0 Å². The topological polar surface area (TPSA) is 78.0 Å². The number of amides is 2. The predicted octanol–water partition coefficient (Wildman–Crippen LogP) is 3.28. The minimum Gasteiger partial charge on any atom is -0.342 e. The van der Waals surface area contributed by atoms with Crippen LogP contribution in [0.5, 0.6) is 0 Å². The second-order valence-corrected chi connectivity index (χ2v) is 13.1. The SMILES string of the molecule is C[C@@H]1C[C@@H](C)CN(C(=O)C2CCN(S(=O)(=O)c3ccc4c(c3)C[C@@H](C)N4C(=O)C3CC3)CC2)C1. The summed E-state index contributed by atoms with van der Waals surface area (Å²) in [7, 11) is -3.63. The number of sulfonamides is 1. The van der Waals surface area contributed by atoms with Gasteiger partial charge in [0, 0.05) is 49.7 Å². The van der Waals surface area contributed by atoms with E-state index in [1.807, 2.05) is 16.7 Å². The first kappa shape index (κ1) is 23.8. The lowest BCUT2D eigenvalue weighted by Crippen LogP contribution is -2.48. The second kappa shape index (κ2) is 8.94. The zero-order chi connectivity index (χ0) is 24.2. The quantitative estimate of drug-likeness (QED) is 0.653. The Bertz CT molecular complexity index is 1070. The first-order chi connectivity index (χ1) is 16.1. The number of carbonyl (C=O) groups excluding carboxylic acids is 2. The molecular weight excluding hydrogens is 450 g/mol. The monoisotopic (exact) mass is 487 g/mol. The van der Waals surface area contributed by atoms with E-state index in [1.54, 1.807) is 18.2 Å². The number of hydrogen-bond donors (Lipinski definition) is 0. The van der Waals surface area contributed by atoms with Crippen LogP contribution >= 0.6 is 0 Å². The molecule has 4 aliphatic rings. The Labute approximate surface area is 203 Å². The van der Waals surface area contributed by atoms with Crippen LogP contribution in [0.25, 0.3) is 0 Å². The fourth-order valence-electron chi connectivity index (χ4n) is 6.22. The van der Waals surface area contributed by atoms with Gasteiger partial charge in [-0.3, -0.25) is 9.59 Å². The van der Waals surface area contributed by atoms with Crippen LogP contribution in [0.2, 0.25) is 0 Å². The van der Waals surface area contributed by atoms with E-state index < -0.39 is 10.0 Å². The summed E-state index contributed by atoms with van der Waals surface area (Å²) in [5.41, 5.74) is 1.79. The van der Waals surface area contributed by atoms with Gasteiger partial charge in [0.05, 0.1) is 4.90 Å². The van der Waals surface area contributed by atoms with E-state index in [0.29, 0.717) is 49.1 Å². The van der Waals surface area contributed by atoms with Gasteiger partial charge in [-0.2, -0.15) is 4.31 Å². The molecule has 0 bridgehead atoms. The van der Waals surface area contributed by atoms with Crippen LogP contribution in [0.15, 0.2) is 23.1 Å². The highest BCUT2D eigenvalue weighted by Crippen LogP contribution is 2.40. The van der Waals surface area contributed by atoms with E-state index in [0.717, 1.165) is 43.6 Å². The first-order valence-corrected chi connectivity index (χ1v) is 14.3. The molecule has 7 nitrogen and oxygen atoms in total. The van der Waals surface area contributed by atoms with Crippen LogP contribution in [0.3, 0.4) is 0 Å². The van der Waals surface area contributed by atoms with Gasteiger partial charge in [0.2, 0.25) is 21.8 Å². The maximum atomic E-state index is 13.4. The van der Waals surface area contributed by atoms with Crippen molar-refractivity contribution in [3.05, 3.63) is 23.8 Å². The normalized spacial score (nSPS) is 28.7. The third-order valence-electron chi connectivity index (χ3n) is 8.05. The summed E-state index contributed by atoms with van der Waals surface area (Å²) in [6.07, 6.45) is 4.90. The minimum absolute atomic E-state index is 0.0584. The van der Waals surface area contributed by atoms with Gasteiger partial charge in [-0.25, -0.2) is 8.42 Å². The number of piperidine rings is 2. The molecule has 1 saturated carbocycles. The summed E-state index contributed by atoms with van der Waals surface area (Å²) >= 11 is 0. The average molecular weight is 488 g/mol. The van der Waals surface area contributed by atoms with Crippen LogP contribution in [-0.4, -0.2) is 61.7 Å². The summed E-state index contributed by atoms with van der Waals surface area (Å²) in [5, 5.41) is 0. The Hall–Kier alpha value is -1.93. The molecule has 1 aliphatic carbocycles. The Kier molecular flexibility index (Phi) is 6.25. The zero-order valence-corrected chi connectivity index (χ0v) is 21.4. The fourth-order valence-corrected chi connectivity index (χ4v) is 7.74. The van der Waals surface area contributed by atoms with Gasteiger partial charge in [-0.15, -0.1) is 0 Å². The average Bonchev–Trinajstić information content (AvgIpc) is 3.59. The van der Waals surface area contributed by atoms with Crippen molar-refractivity contribution >= 4 is 27.5 Å². The van der Waals surface area contributed by atoms with E-state index >= 15 is 0 Å². The van der Waals surface area contributed by atoms with Crippen molar-refractivity contribution in [3.8, 4) is 0 Å². The standard InChI is InChI=1S/C26H37N3O4S/c1-17-12-18(2)16-27(15-17)25(30)21-8-10-28(11-9-21)34(32,33)23-6-7-24-22(14-23)13-19(3)29(24)26(31)20-4-5-20/h6-7,14,17-21H,4-5,8-13,15-16H2,1-3H3/t17-,18-,19-/m1/s1. The molecule has 3 heterocycles. The molecule has 5 rings (SSSR count). The predicted molar refractivity (Wildman–Crippen MR) is 131 cm³/mol. The lowest BCUT2D eigenvalue weighted by molar-refractivity contribution is -0.139. The van der Waals surface area contributed by atoms with Crippen LogP contribution in [-0.2, 0) is 26.0 Å². The minimum atomic E-state index is -3.63. The van der Waals surface area contributed by atoms with Crippen LogP contribution in [0.4, 0.5) is 5.69 Å². The number of likely N-dealkylation sites (tertiary alicyclic amines) is 1.